The second-order valence-corrected chi connectivity index (χ2v) is 6.15. The third-order valence-corrected chi connectivity index (χ3v) is 4.11. The fourth-order valence-corrected chi connectivity index (χ4v) is 2.76. The van der Waals surface area contributed by atoms with Gasteiger partial charge < -0.3 is 16.0 Å². The minimum atomic E-state index is -0.298. The lowest BCUT2D eigenvalue weighted by atomic mass is 10.2. The molecule has 148 valence electrons. The van der Waals surface area contributed by atoms with E-state index in [1.54, 1.807) is 0 Å². The van der Waals surface area contributed by atoms with E-state index in [0.717, 1.165) is 35.2 Å². The Morgan fingerprint density at radius 2 is 1.93 bits per heavy atom. The van der Waals surface area contributed by atoms with E-state index in [0.29, 0.717) is 5.69 Å². The smallest absolute Gasteiger partial charge is 0.272 e. The van der Waals surface area contributed by atoms with E-state index in [-0.39, 0.29) is 37.2 Å². The lowest BCUT2D eigenvalue weighted by molar-refractivity contribution is -0.116. The van der Waals surface area contributed by atoms with Gasteiger partial charge in [-0.3, -0.25) is 14.7 Å². The van der Waals surface area contributed by atoms with Crippen molar-refractivity contribution in [3.05, 3.63) is 59.8 Å². The van der Waals surface area contributed by atoms with Gasteiger partial charge in [-0.1, -0.05) is 37.3 Å². The number of carbonyl (C=O) groups is 2. The molecule has 0 aliphatic rings. The van der Waals surface area contributed by atoms with Crippen molar-refractivity contribution in [2.45, 2.75) is 19.9 Å². The first kappa shape index (κ1) is 21.4. The number of nitrogens with zero attached hydrogens (tertiary/aromatic N) is 1. The van der Waals surface area contributed by atoms with Crippen molar-refractivity contribution in [1.82, 2.24) is 20.8 Å². The average molecular weight is 402 g/mol. The molecule has 0 fully saturated rings. The summed E-state index contributed by atoms with van der Waals surface area (Å²) in [6, 6.07) is 15.1. The van der Waals surface area contributed by atoms with E-state index < -0.39 is 0 Å². The summed E-state index contributed by atoms with van der Waals surface area (Å²) in [4.78, 5) is 24.4. The van der Waals surface area contributed by atoms with Crippen LogP contribution < -0.4 is 16.0 Å². The number of aromatic amines is 1. The third-order valence-electron chi connectivity index (χ3n) is 4.11. The lowest BCUT2D eigenvalue weighted by Crippen LogP contribution is -2.28. The maximum absolute atomic E-state index is 12.3. The molecule has 0 saturated heterocycles. The van der Waals surface area contributed by atoms with Crippen LogP contribution in [0.1, 0.15) is 29.4 Å². The Bertz CT molecular complexity index is 941. The number of carbonyl (C=O) groups excluding carboxylic acids is 2. The maximum atomic E-state index is 12.3. The number of hydrogen-bond acceptors (Lipinski definition) is 4. The van der Waals surface area contributed by atoms with Crippen LogP contribution >= 0.6 is 12.4 Å². The summed E-state index contributed by atoms with van der Waals surface area (Å²) in [5.41, 5.74) is 2.99. The Hall–Kier alpha value is -2.90. The van der Waals surface area contributed by atoms with Crippen molar-refractivity contribution in [3.8, 4) is 0 Å². The predicted octanol–water partition coefficient (Wildman–Crippen LogP) is 2.85. The summed E-state index contributed by atoms with van der Waals surface area (Å²) in [5.74, 6) is -0.448. The average Bonchev–Trinajstić information content (AvgIpc) is 3.11. The van der Waals surface area contributed by atoms with E-state index in [1.165, 1.54) is 0 Å². The first-order valence-electron chi connectivity index (χ1n) is 8.98. The van der Waals surface area contributed by atoms with Gasteiger partial charge in [-0.15, -0.1) is 12.4 Å². The zero-order chi connectivity index (χ0) is 19.1. The second-order valence-electron chi connectivity index (χ2n) is 6.15. The number of para-hydroxylation sites is 1. The van der Waals surface area contributed by atoms with Gasteiger partial charge in [0, 0.05) is 30.6 Å². The highest BCUT2D eigenvalue weighted by atomic mass is 35.5. The van der Waals surface area contributed by atoms with Crippen molar-refractivity contribution in [3.63, 3.8) is 0 Å². The van der Waals surface area contributed by atoms with Gasteiger partial charge in [0.1, 0.15) is 0 Å². The Labute approximate surface area is 169 Å². The summed E-state index contributed by atoms with van der Waals surface area (Å²) < 4.78 is 0. The molecule has 28 heavy (non-hydrogen) atoms. The van der Waals surface area contributed by atoms with Crippen molar-refractivity contribution >= 4 is 40.8 Å². The molecular formula is C20H24ClN5O2. The number of halogens is 1. The van der Waals surface area contributed by atoms with Crippen LogP contribution in [0.15, 0.2) is 48.5 Å². The Balaban J connectivity index is 0.00000280. The molecule has 0 radical (unpaired) electrons. The number of hydrogen-bond donors (Lipinski definition) is 4. The monoisotopic (exact) mass is 401 g/mol. The number of anilines is 1. The molecule has 3 aromatic rings. The SMILES string of the molecule is CCNCc1cccc(NC(=O)CCNC(=O)c2n[nH]c3ccccc23)c1.Cl. The minimum Gasteiger partial charge on any atom is -0.350 e. The molecule has 0 aliphatic carbocycles. The molecule has 0 atom stereocenters. The number of nitrogens with one attached hydrogen (secondary N) is 4. The summed E-state index contributed by atoms with van der Waals surface area (Å²) in [6.45, 7) is 3.93. The Morgan fingerprint density at radius 1 is 1.11 bits per heavy atom. The Morgan fingerprint density at radius 3 is 2.75 bits per heavy atom. The number of aromatic nitrogens is 2. The van der Waals surface area contributed by atoms with Crippen LogP contribution in [0.3, 0.4) is 0 Å². The molecule has 2 amide bonds. The van der Waals surface area contributed by atoms with Gasteiger partial charge in [0.25, 0.3) is 5.91 Å². The predicted molar refractivity (Wildman–Crippen MR) is 113 cm³/mol. The number of H-pyrrole nitrogens is 1. The van der Waals surface area contributed by atoms with Gasteiger partial charge in [0.2, 0.25) is 5.91 Å². The molecule has 7 nitrogen and oxygen atoms in total. The van der Waals surface area contributed by atoms with E-state index >= 15 is 0 Å². The largest absolute Gasteiger partial charge is 0.350 e. The lowest BCUT2D eigenvalue weighted by Gasteiger charge is -2.08. The van der Waals surface area contributed by atoms with Gasteiger partial charge in [0.05, 0.1) is 5.52 Å². The third kappa shape index (κ3) is 5.55. The van der Waals surface area contributed by atoms with Crippen LogP contribution in [-0.2, 0) is 11.3 Å². The number of rotatable bonds is 8. The van der Waals surface area contributed by atoms with Gasteiger partial charge in [0.15, 0.2) is 5.69 Å². The van der Waals surface area contributed by atoms with Crippen LogP contribution in [0.2, 0.25) is 0 Å². The highest BCUT2D eigenvalue weighted by molar-refractivity contribution is 6.04. The molecule has 1 aromatic heterocycles. The standard InChI is InChI=1S/C20H23N5O2.ClH/c1-2-21-13-14-6-5-7-15(12-14)23-18(26)10-11-22-20(27)19-16-8-3-4-9-17(16)24-25-19;/h3-9,12,21H,2,10-11,13H2,1H3,(H,22,27)(H,23,26)(H,24,25);1H. The molecule has 0 aliphatic heterocycles. The summed E-state index contributed by atoms with van der Waals surface area (Å²) in [6.07, 6.45) is 0.186. The summed E-state index contributed by atoms with van der Waals surface area (Å²) in [7, 11) is 0. The van der Waals surface area contributed by atoms with Gasteiger partial charge in [-0.2, -0.15) is 5.10 Å². The fraction of sp³-hybridized carbons (Fsp3) is 0.250. The molecule has 0 unspecified atom stereocenters. The number of fused-ring (bicyclic) bond motifs is 1. The molecule has 4 N–H and O–H groups in total. The molecule has 0 bridgehead atoms. The second kappa shape index (κ2) is 10.4. The van der Waals surface area contributed by atoms with E-state index in [1.807, 2.05) is 55.5 Å². The van der Waals surface area contributed by atoms with Crippen molar-refractivity contribution < 1.29 is 9.59 Å². The number of benzene rings is 2. The molecular weight excluding hydrogens is 378 g/mol. The van der Waals surface area contributed by atoms with E-state index in [4.69, 9.17) is 0 Å². The van der Waals surface area contributed by atoms with Gasteiger partial charge >= 0.3 is 0 Å². The maximum Gasteiger partial charge on any atom is 0.272 e. The molecule has 2 aromatic carbocycles. The van der Waals surface area contributed by atoms with Gasteiger partial charge in [-0.25, -0.2) is 0 Å². The zero-order valence-corrected chi connectivity index (χ0v) is 16.4. The zero-order valence-electron chi connectivity index (χ0n) is 15.6. The van der Waals surface area contributed by atoms with Crippen molar-refractivity contribution in [2.75, 3.05) is 18.4 Å². The number of amides is 2. The van der Waals surface area contributed by atoms with Crippen LogP contribution in [0.4, 0.5) is 5.69 Å². The van der Waals surface area contributed by atoms with Crippen molar-refractivity contribution in [1.29, 1.82) is 0 Å². The topological polar surface area (TPSA) is 98.9 Å². The van der Waals surface area contributed by atoms with Crippen LogP contribution in [0.25, 0.3) is 10.9 Å². The minimum absolute atomic E-state index is 0. The molecule has 1 heterocycles. The molecule has 3 rings (SSSR count). The Kier molecular flexibility index (Phi) is 7.98. The highest BCUT2D eigenvalue weighted by Crippen LogP contribution is 2.15. The van der Waals surface area contributed by atoms with Gasteiger partial charge in [-0.05, 0) is 30.3 Å². The molecule has 0 saturated carbocycles. The quantitative estimate of drug-likeness (QED) is 0.466. The first-order valence-corrected chi connectivity index (χ1v) is 8.98. The van der Waals surface area contributed by atoms with Crippen LogP contribution in [0.5, 0.6) is 0 Å². The summed E-state index contributed by atoms with van der Waals surface area (Å²) >= 11 is 0. The molecule has 0 spiro atoms. The van der Waals surface area contributed by atoms with E-state index in [9.17, 15) is 9.59 Å². The highest BCUT2D eigenvalue weighted by Gasteiger charge is 2.13. The first-order chi connectivity index (χ1) is 13.2. The van der Waals surface area contributed by atoms with Crippen molar-refractivity contribution in [2.24, 2.45) is 0 Å². The normalized spacial score (nSPS) is 10.3. The molecule has 8 heteroatoms. The summed E-state index contributed by atoms with van der Waals surface area (Å²) in [5, 5.41) is 16.5. The van der Waals surface area contributed by atoms with Crippen LogP contribution in [-0.4, -0.2) is 35.1 Å². The van der Waals surface area contributed by atoms with E-state index in [2.05, 4.69) is 26.1 Å². The van der Waals surface area contributed by atoms with Crippen LogP contribution in [0, 0.1) is 0 Å². The fourth-order valence-electron chi connectivity index (χ4n) is 2.76.